The maximum absolute atomic E-state index is 6.57. The molecular weight excluding hydrogens is 450 g/mol. The molecule has 0 N–H and O–H groups in total. The van der Waals surface area contributed by atoms with Gasteiger partial charge < -0.3 is 4.74 Å². The van der Waals surface area contributed by atoms with Crippen molar-refractivity contribution in [2.45, 2.75) is 5.38 Å². The Morgan fingerprint density at radius 1 is 1.05 bits per heavy atom. The van der Waals surface area contributed by atoms with Gasteiger partial charge in [0, 0.05) is 15.1 Å². The molecule has 2 aromatic carbocycles. The summed E-state index contributed by atoms with van der Waals surface area (Å²) in [5.74, 6) is 0.644. The molecule has 0 aliphatic carbocycles. The molecule has 1 unspecified atom stereocenters. The fourth-order valence-corrected chi connectivity index (χ4v) is 3.88. The van der Waals surface area contributed by atoms with Gasteiger partial charge in [-0.15, -0.1) is 11.6 Å². The molecule has 0 spiro atoms. The van der Waals surface area contributed by atoms with Crippen LogP contribution in [0.25, 0.3) is 0 Å². The third-order valence-electron chi connectivity index (χ3n) is 2.77. The van der Waals surface area contributed by atoms with E-state index in [0.717, 1.165) is 20.1 Å². The molecule has 0 aromatic heterocycles. The molecule has 0 fully saturated rings. The van der Waals surface area contributed by atoms with Crippen LogP contribution in [0.2, 0.25) is 10.0 Å². The van der Waals surface area contributed by atoms with Crippen molar-refractivity contribution in [2.75, 3.05) is 7.11 Å². The zero-order valence-corrected chi connectivity index (χ0v) is 15.7. The zero-order chi connectivity index (χ0) is 14.9. The number of ether oxygens (including phenoxy) is 1. The van der Waals surface area contributed by atoms with Gasteiger partial charge in [-0.2, -0.15) is 0 Å². The van der Waals surface area contributed by atoms with Crippen molar-refractivity contribution in [3.05, 3.63) is 60.4 Å². The van der Waals surface area contributed by atoms with Gasteiger partial charge in [0.25, 0.3) is 0 Å². The van der Waals surface area contributed by atoms with E-state index in [1.165, 1.54) is 0 Å². The van der Waals surface area contributed by atoms with Crippen molar-refractivity contribution >= 4 is 66.7 Å². The average molecular weight is 459 g/mol. The number of methoxy groups -OCH3 is 1. The summed E-state index contributed by atoms with van der Waals surface area (Å²) in [6.45, 7) is 0. The number of benzene rings is 2. The van der Waals surface area contributed by atoms with E-state index >= 15 is 0 Å². The second-order valence-electron chi connectivity index (χ2n) is 4.02. The summed E-state index contributed by atoms with van der Waals surface area (Å²) >= 11 is 25.8. The Bertz CT molecular complexity index is 647. The van der Waals surface area contributed by atoms with E-state index in [1.54, 1.807) is 19.2 Å². The Morgan fingerprint density at radius 2 is 1.75 bits per heavy atom. The van der Waals surface area contributed by atoms with Crippen LogP contribution in [-0.2, 0) is 0 Å². The van der Waals surface area contributed by atoms with Gasteiger partial charge >= 0.3 is 0 Å². The molecule has 0 bridgehead atoms. The molecular formula is C14H9Br2Cl3O. The van der Waals surface area contributed by atoms with E-state index in [2.05, 4.69) is 31.9 Å². The van der Waals surface area contributed by atoms with Gasteiger partial charge in [-0.25, -0.2) is 0 Å². The number of rotatable bonds is 3. The molecule has 0 saturated carbocycles. The number of alkyl halides is 1. The van der Waals surface area contributed by atoms with Gasteiger partial charge in [0.1, 0.15) is 5.75 Å². The lowest BCUT2D eigenvalue weighted by Crippen LogP contribution is -1.99. The maximum atomic E-state index is 6.57. The summed E-state index contributed by atoms with van der Waals surface area (Å²) in [4.78, 5) is 0. The van der Waals surface area contributed by atoms with Crippen molar-refractivity contribution in [3.63, 3.8) is 0 Å². The topological polar surface area (TPSA) is 9.23 Å². The third-order valence-corrected chi connectivity index (χ3v) is 5.36. The molecule has 0 radical (unpaired) electrons. The van der Waals surface area contributed by atoms with E-state index in [-0.39, 0.29) is 0 Å². The fraction of sp³-hybridized carbons (Fsp3) is 0.143. The Kier molecular flexibility index (Phi) is 5.66. The lowest BCUT2D eigenvalue weighted by atomic mass is 10.0. The van der Waals surface area contributed by atoms with Gasteiger partial charge in [-0.05, 0) is 55.6 Å². The van der Waals surface area contributed by atoms with Crippen molar-refractivity contribution in [2.24, 2.45) is 0 Å². The minimum Gasteiger partial charge on any atom is -0.495 e. The lowest BCUT2D eigenvalue weighted by molar-refractivity contribution is 0.407. The Labute approximate surface area is 149 Å². The van der Waals surface area contributed by atoms with Gasteiger partial charge in [-0.3, -0.25) is 0 Å². The minimum atomic E-state index is -0.468. The first kappa shape index (κ1) is 16.4. The molecule has 2 aromatic rings. The summed E-state index contributed by atoms with van der Waals surface area (Å²) < 4.78 is 6.94. The molecule has 6 heteroatoms. The van der Waals surface area contributed by atoms with Crippen LogP contribution in [0.15, 0.2) is 39.3 Å². The maximum Gasteiger partial charge on any atom is 0.138 e. The smallest absolute Gasteiger partial charge is 0.138 e. The second kappa shape index (κ2) is 6.89. The Morgan fingerprint density at radius 3 is 2.40 bits per heavy atom. The first-order valence-corrected chi connectivity index (χ1v) is 8.34. The van der Waals surface area contributed by atoms with Gasteiger partial charge in [0.05, 0.1) is 22.0 Å². The molecule has 1 atom stereocenters. The van der Waals surface area contributed by atoms with Crippen LogP contribution in [-0.4, -0.2) is 7.11 Å². The highest BCUT2D eigenvalue weighted by molar-refractivity contribution is 9.10. The average Bonchev–Trinajstić information content (AvgIpc) is 2.40. The molecule has 0 amide bonds. The van der Waals surface area contributed by atoms with Crippen LogP contribution >= 0.6 is 66.7 Å². The van der Waals surface area contributed by atoms with E-state index in [4.69, 9.17) is 39.5 Å². The number of hydrogen-bond acceptors (Lipinski definition) is 1. The highest BCUT2D eigenvalue weighted by Gasteiger charge is 2.21. The van der Waals surface area contributed by atoms with Crippen molar-refractivity contribution in [1.82, 2.24) is 0 Å². The van der Waals surface area contributed by atoms with Gasteiger partial charge in [0.15, 0.2) is 0 Å². The normalized spacial score (nSPS) is 12.3. The van der Waals surface area contributed by atoms with Crippen LogP contribution in [0.1, 0.15) is 16.5 Å². The first-order valence-electron chi connectivity index (χ1n) is 5.56. The second-order valence-corrected chi connectivity index (χ2v) is 6.98. The van der Waals surface area contributed by atoms with Crippen LogP contribution in [0.3, 0.4) is 0 Å². The number of hydrogen-bond donors (Lipinski definition) is 0. The number of halogens is 5. The Balaban J connectivity index is 2.58. The molecule has 0 saturated heterocycles. The predicted octanol–water partition coefficient (Wildman–Crippen LogP) is 6.86. The molecule has 0 aliphatic rings. The monoisotopic (exact) mass is 456 g/mol. The molecule has 2 rings (SSSR count). The highest BCUT2D eigenvalue weighted by atomic mass is 79.9. The van der Waals surface area contributed by atoms with Crippen molar-refractivity contribution < 1.29 is 4.74 Å². The zero-order valence-electron chi connectivity index (χ0n) is 10.3. The third kappa shape index (κ3) is 3.28. The molecule has 20 heavy (non-hydrogen) atoms. The highest BCUT2D eigenvalue weighted by Crippen LogP contribution is 2.44. The summed E-state index contributed by atoms with van der Waals surface area (Å²) in [7, 11) is 1.59. The van der Waals surface area contributed by atoms with Gasteiger partial charge in [-0.1, -0.05) is 35.3 Å². The fourth-order valence-electron chi connectivity index (χ4n) is 1.87. The predicted molar refractivity (Wildman–Crippen MR) is 92.6 cm³/mol. The Hall–Kier alpha value is 0.0700. The molecule has 106 valence electrons. The largest absolute Gasteiger partial charge is 0.495 e. The SMILES string of the molecule is COc1c(Br)cc(Cl)cc1C(Cl)c1cccc(Br)c1Cl. The van der Waals surface area contributed by atoms with E-state index in [1.807, 2.05) is 18.2 Å². The van der Waals surface area contributed by atoms with E-state index in [9.17, 15) is 0 Å². The summed E-state index contributed by atoms with van der Waals surface area (Å²) in [6.07, 6.45) is 0. The van der Waals surface area contributed by atoms with Crippen LogP contribution in [0.4, 0.5) is 0 Å². The first-order chi connectivity index (χ1) is 9.45. The van der Waals surface area contributed by atoms with E-state index in [0.29, 0.717) is 15.8 Å². The molecule has 1 nitrogen and oxygen atoms in total. The molecule has 0 heterocycles. The van der Waals surface area contributed by atoms with Crippen LogP contribution in [0, 0.1) is 0 Å². The quantitative estimate of drug-likeness (QED) is 0.456. The van der Waals surface area contributed by atoms with E-state index < -0.39 is 5.38 Å². The summed E-state index contributed by atoms with van der Waals surface area (Å²) in [6, 6.07) is 9.16. The van der Waals surface area contributed by atoms with Gasteiger partial charge in [0.2, 0.25) is 0 Å². The van der Waals surface area contributed by atoms with Crippen molar-refractivity contribution in [1.29, 1.82) is 0 Å². The lowest BCUT2D eigenvalue weighted by Gasteiger charge is -2.17. The van der Waals surface area contributed by atoms with Crippen LogP contribution in [0.5, 0.6) is 5.75 Å². The molecule has 0 aliphatic heterocycles. The van der Waals surface area contributed by atoms with Crippen LogP contribution < -0.4 is 4.74 Å². The summed E-state index contributed by atoms with van der Waals surface area (Å²) in [5.41, 5.74) is 1.55. The summed E-state index contributed by atoms with van der Waals surface area (Å²) in [5, 5.41) is 0.681. The minimum absolute atomic E-state index is 0.468. The van der Waals surface area contributed by atoms with Crippen molar-refractivity contribution in [3.8, 4) is 5.75 Å². The standard InChI is InChI=1S/C14H9Br2Cl3O/c1-20-14-9(5-7(17)6-11(14)16)12(18)8-3-2-4-10(15)13(8)19/h2-6,12H,1H3.